The largest absolute Gasteiger partial charge is 0.348 e. The highest BCUT2D eigenvalue weighted by molar-refractivity contribution is 5.40. The van der Waals surface area contributed by atoms with E-state index in [9.17, 15) is 14.9 Å². The number of nitrogens with zero attached hydrogens (tertiary/aromatic N) is 2. The van der Waals surface area contributed by atoms with Crippen LogP contribution in [0.4, 0.5) is 4.39 Å². The molecule has 2 fully saturated rings. The van der Waals surface area contributed by atoms with Gasteiger partial charge in [0.25, 0.3) is 0 Å². The topological polar surface area (TPSA) is 66.0 Å². The van der Waals surface area contributed by atoms with Crippen LogP contribution in [0.25, 0.3) is 0 Å². The first-order valence-electron chi connectivity index (χ1n) is 7.98. The van der Waals surface area contributed by atoms with Crippen molar-refractivity contribution in [3.05, 3.63) is 35.6 Å². The van der Waals surface area contributed by atoms with Gasteiger partial charge >= 0.3 is 0 Å². The molecule has 1 heterocycles. The first-order valence-corrected chi connectivity index (χ1v) is 7.98. The van der Waals surface area contributed by atoms with Crippen molar-refractivity contribution < 1.29 is 13.9 Å². The zero-order valence-corrected chi connectivity index (χ0v) is 12.9. The van der Waals surface area contributed by atoms with Crippen LogP contribution in [0.3, 0.4) is 0 Å². The summed E-state index contributed by atoms with van der Waals surface area (Å²) >= 11 is 0. The minimum Gasteiger partial charge on any atom is -0.348 e. The maximum absolute atomic E-state index is 13.1. The zero-order valence-electron chi connectivity index (χ0n) is 12.9. The number of rotatable bonds is 3. The van der Waals surface area contributed by atoms with Gasteiger partial charge in [0.05, 0.1) is 25.4 Å². The summed E-state index contributed by atoms with van der Waals surface area (Å²) in [4.78, 5) is 0. The molecule has 0 radical (unpaired) electrons. The van der Waals surface area contributed by atoms with Gasteiger partial charge in [0.15, 0.2) is 11.2 Å². The lowest BCUT2D eigenvalue weighted by Crippen LogP contribution is -2.37. The van der Waals surface area contributed by atoms with Crippen LogP contribution >= 0.6 is 0 Å². The Morgan fingerprint density at radius 3 is 2.17 bits per heavy atom. The molecule has 1 aliphatic carbocycles. The minimum absolute atomic E-state index is 0.262. The predicted molar refractivity (Wildman–Crippen MR) is 80.5 cm³/mol. The molecule has 1 saturated heterocycles. The summed E-state index contributed by atoms with van der Waals surface area (Å²) in [6.45, 7) is 1.28. The van der Waals surface area contributed by atoms with Crippen LogP contribution in [0, 0.1) is 34.4 Å². The van der Waals surface area contributed by atoms with Crippen LogP contribution < -0.4 is 0 Å². The molecule has 0 amide bonds. The molecule has 1 spiro atoms. The second-order valence-electron chi connectivity index (χ2n) is 6.39. The Morgan fingerprint density at radius 2 is 1.65 bits per heavy atom. The number of benzene rings is 1. The van der Waals surface area contributed by atoms with Crippen molar-refractivity contribution in [3.8, 4) is 12.1 Å². The number of halogens is 1. The molecule has 1 aromatic rings. The predicted octanol–water partition coefficient (Wildman–Crippen LogP) is 3.43. The molecular formula is C18H19FN2O2. The van der Waals surface area contributed by atoms with Gasteiger partial charge in [-0.25, -0.2) is 4.39 Å². The van der Waals surface area contributed by atoms with Crippen molar-refractivity contribution in [2.24, 2.45) is 5.92 Å². The molecule has 120 valence electrons. The third-order valence-electron chi connectivity index (χ3n) is 4.99. The number of hydrogen-bond donors (Lipinski definition) is 0. The second-order valence-corrected chi connectivity index (χ2v) is 6.39. The average Bonchev–Trinajstić information content (AvgIpc) is 3.04. The Kier molecular flexibility index (Phi) is 4.35. The van der Waals surface area contributed by atoms with Gasteiger partial charge in [-0.15, -0.1) is 0 Å². The molecular weight excluding hydrogens is 295 g/mol. The lowest BCUT2D eigenvalue weighted by atomic mass is 9.71. The van der Waals surface area contributed by atoms with Gasteiger partial charge in [-0.05, 0) is 42.9 Å². The fourth-order valence-electron chi connectivity index (χ4n) is 3.64. The molecule has 0 unspecified atom stereocenters. The Bertz CT molecular complexity index is 614. The molecule has 2 aliphatic rings. The minimum atomic E-state index is -1.22. The molecule has 0 atom stereocenters. The van der Waals surface area contributed by atoms with Gasteiger partial charge in [-0.1, -0.05) is 12.1 Å². The molecule has 3 rings (SSSR count). The van der Waals surface area contributed by atoms with Crippen LogP contribution in [0.15, 0.2) is 24.3 Å². The molecule has 1 saturated carbocycles. The van der Waals surface area contributed by atoms with E-state index >= 15 is 0 Å². The van der Waals surface area contributed by atoms with E-state index in [0.717, 1.165) is 25.7 Å². The highest BCUT2D eigenvalue weighted by Crippen LogP contribution is 2.43. The van der Waals surface area contributed by atoms with Gasteiger partial charge in [-0.3, -0.25) is 0 Å². The molecule has 23 heavy (non-hydrogen) atoms. The fraction of sp³-hybridized carbons (Fsp3) is 0.556. The first kappa shape index (κ1) is 15.9. The van der Waals surface area contributed by atoms with Gasteiger partial charge < -0.3 is 9.47 Å². The van der Waals surface area contributed by atoms with E-state index < -0.39 is 11.2 Å². The third-order valence-corrected chi connectivity index (χ3v) is 4.99. The molecule has 0 bridgehead atoms. The van der Waals surface area contributed by atoms with Crippen molar-refractivity contribution in [1.82, 2.24) is 0 Å². The van der Waals surface area contributed by atoms with Crippen molar-refractivity contribution in [1.29, 1.82) is 10.5 Å². The standard InChI is InChI=1S/C18H19FN2O2/c19-16-3-1-15(2-4-16)17(12-20,13-21)11-14-5-7-18(8-6-14)22-9-10-23-18/h1-4,14H,5-11H2. The maximum Gasteiger partial charge on any atom is 0.168 e. The van der Waals surface area contributed by atoms with Gasteiger partial charge in [0.1, 0.15) is 5.82 Å². The summed E-state index contributed by atoms with van der Waals surface area (Å²) in [5, 5.41) is 19.2. The second kappa shape index (κ2) is 6.28. The van der Waals surface area contributed by atoms with E-state index in [2.05, 4.69) is 12.1 Å². The van der Waals surface area contributed by atoms with Crippen molar-refractivity contribution in [3.63, 3.8) is 0 Å². The average molecular weight is 314 g/mol. The molecule has 0 aromatic heterocycles. The maximum atomic E-state index is 13.1. The summed E-state index contributed by atoms with van der Waals surface area (Å²) < 4.78 is 24.5. The van der Waals surface area contributed by atoms with Gasteiger partial charge in [0, 0.05) is 12.8 Å². The Hall–Kier alpha value is -1.95. The third kappa shape index (κ3) is 3.08. The van der Waals surface area contributed by atoms with Crippen LogP contribution in [0.2, 0.25) is 0 Å². The summed E-state index contributed by atoms with van der Waals surface area (Å²) in [5.74, 6) is -0.541. The molecule has 5 heteroatoms. The summed E-state index contributed by atoms with van der Waals surface area (Å²) in [6, 6.07) is 10.0. The molecule has 1 aromatic carbocycles. The smallest absolute Gasteiger partial charge is 0.168 e. The SMILES string of the molecule is N#CC(C#N)(CC1CCC2(CC1)OCCO2)c1ccc(F)cc1. The lowest BCUT2D eigenvalue weighted by Gasteiger charge is -2.37. The fourth-order valence-corrected chi connectivity index (χ4v) is 3.64. The summed E-state index contributed by atoms with van der Waals surface area (Å²) in [7, 11) is 0. The van der Waals surface area contributed by atoms with Crippen LogP contribution in [0.5, 0.6) is 0 Å². The van der Waals surface area contributed by atoms with E-state index in [1.165, 1.54) is 24.3 Å². The molecule has 0 N–H and O–H groups in total. The zero-order chi connectivity index (χ0) is 16.3. The normalized spacial score (nSPS) is 21.0. The monoisotopic (exact) mass is 314 g/mol. The molecule has 4 nitrogen and oxygen atoms in total. The first-order chi connectivity index (χ1) is 11.1. The van der Waals surface area contributed by atoms with E-state index in [-0.39, 0.29) is 11.7 Å². The number of ether oxygens (including phenoxy) is 2. The van der Waals surface area contributed by atoms with E-state index in [1.54, 1.807) is 0 Å². The number of nitriles is 2. The van der Waals surface area contributed by atoms with Crippen LogP contribution in [0.1, 0.15) is 37.7 Å². The molecule has 1 aliphatic heterocycles. The van der Waals surface area contributed by atoms with Gasteiger partial charge in [0.2, 0.25) is 0 Å². The lowest BCUT2D eigenvalue weighted by molar-refractivity contribution is -0.183. The van der Waals surface area contributed by atoms with Crippen molar-refractivity contribution in [2.75, 3.05) is 13.2 Å². The Morgan fingerprint density at radius 1 is 1.09 bits per heavy atom. The highest BCUT2D eigenvalue weighted by atomic mass is 19.1. The van der Waals surface area contributed by atoms with E-state index in [1.807, 2.05) is 0 Å². The number of hydrogen-bond acceptors (Lipinski definition) is 4. The van der Waals surface area contributed by atoms with Gasteiger partial charge in [-0.2, -0.15) is 10.5 Å². The van der Waals surface area contributed by atoms with Crippen molar-refractivity contribution >= 4 is 0 Å². The van der Waals surface area contributed by atoms with E-state index in [4.69, 9.17) is 9.47 Å². The van der Waals surface area contributed by atoms with Crippen molar-refractivity contribution in [2.45, 2.75) is 43.3 Å². The summed E-state index contributed by atoms with van der Waals surface area (Å²) in [5.41, 5.74) is -0.655. The van der Waals surface area contributed by atoms with Crippen LogP contribution in [-0.2, 0) is 14.9 Å². The quantitative estimate of drug-likeness (QED) is 0.857. The summed E-state index contributed by atoms with van der Waals surface area (Å²) in [6.07, 6.45) is 3.79. The van der Waals surface area contributed by atoms with Crippen LogP contribution in [-0.4, -0.2) is 19.0 Å². The Balaban J connectivity index is 1.72. The van der Waals surface area contributed by atoms with E-state index in [0.29, 0.717) is 25.2 Å². The Labute approximate surface area is 135 Å². The highest BCUT2D eigenvalue weighted by Gasteiger charge is 2.43.